The lowest BCUT2D eigenvalue weighted by molar-refractivity contribution is 0.280. The van der Waals surface area contributed by atoms with E-state index in [4.69, 9.17) is 16.6 Å². The van der Waals surface area contributed by atoms with Gasteiger partial charge in [0.25, 0.3) is 0 Å². The van der Waals surface area contributed by atoms with Crippen molar-refractivity contribution in [3.05, 3.63) is 23.0 Å². The molecule has 1 rings (SSSR count). The minimum absolute atomic E-state index is 0. The van der Waals surface area contributed by atoms with Crippen molar-refractivity contribution in [2.24, 2.45) is 21.7 Å². The van der Waals surface area contributed by atoms with E-state index in [2.05, 4.69) is 15.2 Å². The molecule has 9 heteroatoms. The van der Waals surface area contributed by atoms with Gasteiger partial charge in [0.2, 0.25) is 5.96 Å². The second-order valence-corrected chi connectivity index (χ2v) is 3.06. The van der Waals surface area contributed by atoms with Crippen LogP contribution < -0.4 is 11.5 Å². The van der Waals surface area contributed by atoms with Crippen molar-refractivity contribution in [2.75, 3.05) is 0 Å². The number of halogens is 2. The van der Waals surface area contributed by atoms with Gasteiger partial charge in [0, 0.05) is 17.3 Å². The first-order valence-electron chi connectivity index (χ1n) is 4.46. The number of pyridine rings is 1. The van der Waals surface area contributed by atoms with E-state index in [1.807, 2.05) is 0 Å². The highest BCUT2D eigenvalue weighted by Crippen LogP contribution is 2.21. The van der Waals surface area contributed by atoms with Gasteiger partial charge in [-0.05, 0) is 6.92 Å². The highest BCUT2D eigenvalue weighted by molar-refractivity contribution is 5.86. The summed E-state index contributed by atoms with van der Waals surface area (Å²) >= 11 is 0. The van der Waals surface area contributed by atoms with Crippen LogP contribution in [0.4, 0.5) is 0 Å². The van der Waals surface area contributed by atoms with Crippen molar-refractivity contribution in [1.82, 2.24) is 4.98 Å². The molecule has 1 aromatic heterocycles. The van der Waals surface area contributed by atoms with Gasteiger partial charge in [0.05, 0.1) is 18.5 Å². The zero-order valence-electron chi connectivity index (χ0n) is 9.57. The van der Waals surface area contributed by atoms with Gasteiger partial charge in [-0.3, -0.25) is 4.98 Å². The first kappa shape index (κ1) is 18.8. The molecule has 0 aromatic carbocycles. The largest absolute Gasteiger partial charge is 0.505 e. The third kappa shape index (κ3) is 4.74. The lowest BCUT2D eigenvalue weighted by Crippen LogP contribution is -2.21. The Kier molecular flexibility index (Phi) is 8.88. The van der Waals surface area contributed by atoms with E-state index in [-0.39, 0.29) is 43.1 Å². The number of aliphatic hydroxyl groups excluding tert-OH is 1. The maximum Gasteiger partial charge on any atom is 0.211 e. The van der Waals surface area contributed by atoms with Crippen molar-refractivity contribution in [1.29, 1.82) is 0 Å². The molecule has 7 nitrogen and oxygen atoms in total. The number of guanidine groups is 1. The van der Waals surface area contributed by atoms with Gasteiger partial charge in [-0.2, -0.15) is 5.10 Å². The molecule has 0 amide bonds. The Hall–Kier alpha value is -1.57. The van der Waals surface area contributed by atoms with Gasteiger partial charge >= 0.3 is 0 Å². The van der Waals surface area contributed by atoms with Crippen molar-refractivity contribution in [3.63, 3.8) is 0 Å². The smallest absolute Gasteiger partial charge is 0.211 e. The minimum Gasteiger partial charge on any atom is -0.505 e. The molecule has 0 aliphatic carbocycles. The molecular formula is C9H15Cl2N5O2. The summed E-state index contributed by atoms with van der Waals surface area (Å²) in [6.07, 6.45) is 2.71. The van der Waals surface area contributed by atoms with Crippen LogP contribution in [0.15, 0.2) is 16.4 Å². The van der Waals surface area contributed by atoms with Crippen LogP contribution in [0.5, 0.6) is 5.75 Å². The van der Waals surface area contributed by atoms with Crippen LogP contribution >= 0.6 is 24.8 Å². The number of hydrogen-bond acceptors (Lipinski definition) is 5. The number of aryl methyl sites for hydroxylation is 1. The van der Waals surface area contributed by atoms with Crippen molar-refractivity contribution in [2.45, 2.75) is 13.5 Å². The molecule has 18 heavy (non-hydrogen) atoms. The van der Waals surface area contributed by atoms with E-state index >= 15 is 0 Å². The highest BCUT2D eigenvalue weighted by Gasteiger charge is 2.08. The Balaban J connectivity index is 0. The van der Waals surface area contributed by atoms with Crippen LogP contribution in [0, 0.1) is 6.92 Å². The van der Waals surface area contributed by atoms with Gasteiger partial charge in [-0.25, -0.2) is 0 Å². The predicted octanol–water partition coefficient (Wildman–Crippen LogP) is 0.0388. The van der Waals surface area contributed by atoms with Gasteiger partial charge in [0.15, 0.2) is 0 Å². The standard InChI is InChI=1S/C9H13N5O2.2ClH/c1-5-8(16)7(3-13-14-9(10)11)6(4-15)2-12-5;;/h2-3,15-16H,4H2,1H3,(H4,10,11,14);2*1H/b13-3+;;. The Morgan fingerprint density at radius 2 is 2.06 bits per heavy atom. The number of hydrogen-bond donors (Lipinski definition) is 4. The second-order valence-electron chi connectivity index (χ2n) is 3.06. The first-order valence-corrected chi connectivity index (χ1v) is 4.46. The molecule has 0 radical (unpaired) electrons. The number of rotatable bonds is 3. The molecule has 0 spiro atoms. The first-order chi connectivity index (χ1) is 7.56. The Bertz CT molecular complexity index is 447. The quantitative estimate of drug-likeness (QED) is 0.355. The molecule has 0 aliphatic heterocycles. The molecule has 0 bridgehead atoms. The summed E-state index contributed by atoms with van der Waals surface area (Å²) in [5.41, 5.74) is 11.4. The molecule has 0 saturated heterocycles. The topological polar surface area (TPSA) is 130 Å². The van der Waals surface area contributed by atoms with Crippen LogP contribution in [-0.4, -0.2) is 27.4 Å². The van der Waals surface area contributed by atoms with E-state index in [0.29, 0.717) is 16.8 Å². The highest BCUT2D eigenvalue weighted by atomic mass is 35.5. The fourth-order valence-electron chi connectivity index (χ4n) is 1.08. The van der Waals surface area contributed by atoms with E-state index < -0.39 is 0 Å². The number of nitrogens with two attached hydrogens (primary N) is 2. The van der Waals surface area contributed by atoms with Gasteiger partial charge in [-0.15, -0.1) is 29.9 Å². The summed E-state index contributed by atoms with van der Waals surface area (Å²) in [5, 5.41) is 25.7. The number of aliphatic hydroxyl groups is 1. The summed E-state index contributed by atoms with van der Waals surface area (Å²) in [6.45, 7) is 1.37. The zero-order valence-corrected chi connectivity index (χ0v) is 11.2. The molecule has 0 atom stereocenters. The maximum absolute atomic E-state index is 9.70. The third-order valence-electron chi connectivity index (χ3n) is 1.89. The Morgan fingerprint density at radius 1 is 1.44 bits per heavy atom. The van der Waals surface area contributed by atoms with Gasteiger partial charge in [-0.1, -0.05) is 0 Å². The lowest BCUT2D eigenvalue weighted by atomic mass is 10.1. The fourth-order valence-corrected chi connectivity index (χ4v) is 1.08. The molecular weight excluding hydrogens is 281 g/mol. The number of aromatic nitrogens is 1. The fraction of sp³-hybridized carbons (Fsp3) is 0.222. The molecule has 0 fully saturated rings. The zero-order chi connectivity index (χ0) is 12.1. The molecule has 0 aliphatic rings. The molecule has 0 unspecified atom stereocenters. The SMILES string of the molecule is Cc1ncc(CO)c(/C=N/N=C(N)N)c1O.Cl.Cl. The average Bonchev–Trinajstić information content (AvgIpc) is 2.24. The van der Waals surface area contributed by atoms with Crippen LogP contribution in [0.2, 0.25) is 0 Å². The molecule has 1 aromatic rings. The monoisotopic (exact) mass is 295 g/mol. The lowest BCUT2D eigenvalue weighted by Gasteiger charge is -2.06. The third-order valence-corrected chi connectivity index (χ3v) is 1.89. The molecule has 6 N–H and O–H groups in total. The number of aromatic hydroxyl groups is 1. The Labute approximate surface area is 116 Å². The van der Waals surface area contributed by atoms with Crippen LogP contribution in [0.3, 0.4) is 0 Å². The minimum atomic E-state index is -0.260. The average molecular weight is 296 g/mol. The van der Waals surface area contributed by atoms with Crippen molar-refractivity contribution >= 4 is 37.0 Å². The normalized spacial score (nSPS) is 9.44. The molecule has 102 valence electrons. The molecule has 0 saturated carbocycles. The summed E-state index contributed by atoms with van der Waals surface area (Å²) in [6, 6.07) is 0. The van der Waals surface area contributed by atoms with E-state index in [1.165, 1.54) is 12.4 Å². The van der Waals surface area contributed by atoms with E-state index in [0.717, 1.165) is 0 Å². The van der Waals surface area contributed by atoms with Gasteiger partial charge < -0.3 is 21.7 Å². The van der Waals surface area contributed by atoms with Gasteiger partial charge in [0.1, 0.15) is 5.75 Å². The summed E-state index contributed by atoms with van der Waals surface area (Å²) < 4.78 is 0. The Morgan fingerprint density at radius 3 is 2.56 bits per heavy atom. The summed E-state index contributed by atoms with van der Waals surface area (Å²) in [5.74, 6) is -0.242. The summed E-state index contributed by atoms with van der Waals surface area (Å²) in [7, 11) is 0. The second kappa shape index (κ2) is 8.51. The summed E-state index contributed by atoms with van der Waals surface area (Å²) in [4.78, 5) is 3.90. The van der Waals surface area contributed by atoms with Crippen LogP contribution in [-0.2, 0) is 6.61 Å². The van der Waals surface area contributed by atoms with Crippen LogP contribution in [0.25, 0.3) is 0 Å². The van der Waals surface area contributed by atoms with Crippen molar-refractivity contribution < 1.29 is 10.2 Å². The number of nitrogens with zero attached hydrogens (tertiary/aromatic N) is 3. The van der Waals surface area contributed by atoms with Crippen molar-refractivity contribution in [3.8, 4) is 5.75 Å². The molecule has 1 heterocycles. The van der Waals surface area contributed by atoms with E-state index in [9.17, 15) is 5.11 Å². The maximum atomic E-state index is 9.70. The van der Waals surface area contributed by atoms with E-state index in [1.54, 1.807) is 6.92 Å². The van der Waals surface area contributed by atoms with Crippen LogP contribution in [0.1, 0.15) is 16.8 Å². The predicted molar refractivity (Wildman–Crippen MR) is 74.5 cm³/mol.